The average molecular weight is 240 g/mol. The summed E-state index contributed by atoms with van der Waals surface area (Å²) in [5, 5.41) is 16.6. The lowest BCUT2D eigenvalue weighted by Crippen LogP contribution is -2.39. The third kappa shape index (κ3) is 3.94. The maximum atomic E-state index is 9.73. The maximum Gasteiger partial charge on any atom is 0.0716 e. The van der Waals surface area contributed by atoms with Crippen LogP contribution in [-0.2, 0) is 0 Å². The molecule has 17 heavy (non-hydrogen) atoms. The van der Waals surface area contributed by atoms with Gasteiger partial charge in [-0.25, -0.2) is 0 Å². The Kier molecular flexibility index (Phi) is 5.26. The second-order valence-corrected chi connectivity index (χ2v) is 5.90. The lowest BCUT2D eigenvalue weighted by molar-refractivity contribution is 0.141. The number of rotatable bonds is 5. The number of hydrogen-bond donors (Lipinski definition) is 3. The Morgan fingerprint density at radius 3 is 2.53 bits per heavy atom. The molecule has 2 atom stereocenters. The molecule has 1 saturated heterocycles. The maximum absolute atomic E-state index is 9.73. The summed E-state index contributed by atoms with van der Waals surface area (Å²) < 4.78 is 0. The van der Waals surface area contributed by atoms with Crippen molar-refractivity contribution in [1.29, 1.82) is 0 Å². The van der Waals surface area contributed by atoms with Crippen LogP contribution in [0.4, 0.5) is 0 Å². The molecule has 3 heteroatoms. The fraction of sp³-hybridized carbons (Fsp3) is 1.00. The van der Waals surface area contributed by atoms with E-state index in [9.17, 15) is 5.11 Å². The molecule has 0 aromatic rings. The van der Waals surface area contributed by atoms with Gasteiger partial charge in [-0.15, -0.1) is 0 Å². The molecule has 1 aliphatic heterocycles. The van der Waals surface area contributed by atoms with Crippen LogP contribution < -0.4 is 10.6 Å². The highest BCUT2D eigenvalue weighted by molar-refractivity contribution is 4.84. The Balaban J connectivity index is 1.61. The smallest absolute Gasteiger partial charge is 0.0716 e. The zero-order valence-electron chi connectivity index (χ0n) is 11.1. The van der Waals surface area contributed by atoms with Crippen molar-refractivity contribution in [2.45, 2.75) is 57.6 Å². The highest BCUT2D eigenvalue weighted by atomic mass is 16.3. The van der Waals surface area contributed by atoms with Crippen LogP contribution in [0.25, 0.3) is 0 Å². The molecule has 0 aromatic carbocycles. The molecule has 0 bridgehead atoms. The molecule has 2 unspecified atom stereocenters. The van der Waals surface area contributed by atoms with E-state index in [0.717, 1.165) is 25.6 Å². The molecule has 100 valence electrons. The third-order valence-corrected chi connectivity index (χ3v) is 4.52. The van der Waals surface area contributed by atoms with Gasteiger partial charge in [-0.05, 0) is 31.6 Å². The van der Waals surface area contributed by atoms with E-state index >= 15 is 0 Å². The molecule has 0 radical (unpaired) electrons. The number of aliphatic hydroxyl groups excluding tert-OH is 1. The highest BCUT2D eigenvalue weighted by Gasteiger charge is 2.26. The van der Waals surface area contributed by atoms with Crippen LogP contribution in [0.15, 0.2) is 0 Å². The molecular weight excluding hydrogens is 212 g/mol. The van der Waals surface area contributed by atoms with Crippen LogP contribution in [0, 0.1) is 11.8 Å². The normalized spacial score (nSPS) is 38.5. The molecule has 2 aliphatic rings. The topological polar surface area (TPSA) is 44.3 Å². The zero-order chi connectivity index (χ0) is 12.1. The molecule has 1 heterocycles. The predicted octanol–water partition coefficient (Wildman–Crippen LogP) is 1.52. The van der Waals surface area contributed by atoms with E-state index in [-0.39, 0.29) is 6.10 Å². The van der Waals surface area contributed by atoms with E-state index in [2.05, 4.69) is 17.6 Å². The van der Waals surface area contributed by atoms with Crippen molar-refractivity contribution in [1.82, 2.24) is 10.6 Å². The molecule has 0 amide bonds. The van der Waals surface area contributed by atoms with Gasteiger partial charge in [-0.3, -0.25) is 0 Å². The molecule has 3 N–H and O–H groups in total. The van der Waals surface area contributed by atoms with Crippen molar-refractivity contribution >= 4 is 0 Å². The quantitative estimate of drug-likeness (QED) is 0.682. The summed E-state index contributed by atoms with van der Waals surface area (Å²) in [7, 11) is 0. The lowest BCUT2D eigenvalue weighted by Gasteiger charge is -2.30. The van der Waals surface area contributed by atoms with Gasteiger partial charge in [0, 0.05) is 31.6 Å². The van der Waals surface area contributed by atoms with Gasteiger partial charge in [0.05, 0.1) is 6.10 Å². The molecule has 3 nitrogen and oxygen atoms in total. The van der Waals surface area contributed by atoms with Gasteiger partial charge in [0.1, 0.15) is 0 Å². The molecule has 2 fully saturated rings. The minimum Gasteiger partial charge on any atom is -0.391 e. The first kappa shape index (κ1) is 13.3. The van der Waals surface area contributed by atoms with Gasteiger partial charge in [0.2, 0.25) is 0 Å². The fourth-order valence-corrected chi connectivity index (χ4v) is 3.31. The summed E-state index contributed by atoms with van der Waals surface area (Å²) in [4.78, 5) is 0. The Bertz CT molecular complexity index is 214. The largest absolute Gasteiger partial charge is 0.391 e. The van der Waals surface area contributed by atoms with E-state index in [1.54, 1.807) is 0 Å². The SMILES string of the molecule is CCCC1CCC(NCC2CNCC2O)CC1. The number of β-amino-alcohol motifs (C(OH)–C–C–N with tert-alkyl or cyclic N) is 1. The van der Waals surface area contributed by atoms with Crippen LogP contribution >= 0.6 is 0 Å². The van der Waals surface area contributed by atoms with E-state index in [1.807, 2.05) is 0 Å². The Hall–Kier alpha value is -0.120. The minimum atomic E-state index is -0.140. The van der Waals surface area contributed by atoms with E-state index in [4.69, 9.17) is 0 Å². The van der Waals surface area contributed by atoms with Crippen LogP contribution in [0.2, 0.25) is 0 Å². The molecule has 0 aromatic heterocycles. The fourth-order valence-electron chi connectivity index (χ4n) is 3.31. The van der Waals surface area contributed by atoms with Gasteiger partial charge >= 0.3 is 0 Å². The summed E-state index contributed by atoms with van der Waals surface area (Å²) in [6.07, 6.45) is 8.08. The predicted molar refractivity (Wildman–Crippen MR) is 71.0 cm³/mol. The van der Waals surface area contributed by atoms with Gasteiger partial charge in [0.25, 0.3) is 0 Å². The van der Waals surface area contributed by atoms with Gasteiger partial charge in [0.15, 0.2) is 0 Å². The second kappa shape index (κ2) is 6.72. The summed E-state index contributed by atoms with van der Waals surface area (Å²) in [6, 6.07) is 0.705. The first-order valence-electron chi connectivity index (χ1n) is 7.41. The Labute approximate surface area is 105 Å². The summed E-state index contributed by atoms with van der Waals surface area (Å²) >= 11 is 0. The van der Waals surface area contributed by atoms with Crippen LogP contribution in [-0.4, -0.2) is 36.9 Å². The Morgan fingerprint density at radius 1 is 1.18 bits per heavy atom. The zero-order valence-corrected chi connectivity index (χ0v) is 11.1. The highest BCUT2D eigenvalue weighted by Crippen LogP contribution is 2.27. The second-order valence-electron chi connectivity index (χ2n) is 5.90. The van der Waals surface area contributed by atoms with Gasteiger partial charge in [-0.1, -0.05) is 19.8 Å². The number of aliphatic hydroxyl groups is 1. The van der Waals surface area contributed by atoms with E-state index in [0.29, 0.717) is 12.0 Å². The standard InChI is InChI=1S/C14H28N2O/c1-2-3-11-4-6-13(7-5-11)16-9-12-8-15-10-14(12)17/h11-17H,2-10H2,1H3. The van der Waals surface area contributed by atoms with Crippen molar-refractivity contribution in [3.05, 3.63) is 0 Å². The molecule has 1 saturated carbocycles. The van der Waals surface area contributed by atoms with Crippen LogP contribution in [0.1, 0.15) is 45.4 Å². The van der Waals surface area contributed by atoms with Gasteiger partial charge in [-0.2, -0.15) is 0 Å². The molecule has 0 spiro atoms. The van der Waals surface area contributed by atoms with Crippen LogP contribution in [0.5, 0.6) is 0 Å². The first-order valence-corrected chi connectivity index (χ1v) is 7.41. The van der Waals surface area contributed by atoms with E-state index in [1.165, 1.54) is 38.5 Å². The van der Waals surface area contributed by atoms with Crippen molar-refractivity contribution in [2.24, 2.45) is 11.8 Å². The van der Waals surface area contributed by atoms with Crippen molar-refractivity contribution in [2.75, 3.05) is 19.6 Å². The average Bonchev–Trinajstić information content (AvgIpc) is 2.75. The molecular formula is C14H28N2O. The summed E-state index contributed by atoms with van der Waals surface area (Å²) in [6.45, 7) is 5.02. The first-order chi connectivity index (χ1) is 8.29. The minimum absolute atomic E-state index is 0.140. The summed E-state index contributed by atoms with van der Waals surface area (Å²) in [5.41, 5.74) is 0. The number of hydrogen-bond acceptors (Lipinski definition) is 3. The van der Waals surface area contributed by atoms with Crippen molar-refractivity contribution in [3.63, 3.8) is 0 Å². The monoisotopic (exact) mass is 240 g/mol. The van der Waals surface area contributed by atoms with Crippen LogP contribution in [0.3, 0.4) is 0 Å². The Morgan fingerprint density at radius 2 is 1.94 bits per heavy atom. The van der Waals surface area contributed by atoms with Crippen molar-refractivity contribution < 1.29 is 5.11 Å². The van der Waals surface area contributed by atoms with E-state index < -0.39 is 0 Å². The van der Waals surface area contributed by atoms with Crippen molar-refractivity contribution in [3.8, 4) is 0 Å². The molecule has 1 aliphatic carbocycles. The molecule has 2 rings (SSSR count). The van der Waals surface area contributed by atoms with Gasteiger partial charge < -0.3 is 15.7 Å². The third-order valence-electron chi connectivity index (χ3n) is 4.52. The summed E-state index contributed by atoms with van der Waals surface area (Å²) in [5.74, 6) is 1.40. The number of nitrogens with one attached hydrogen (secondary N) is 2. The lowest BCUT2D eigenvalue weighted by atomic mass is 9.83.